The summed E-state index contributed by atoms with van der Waals surface area (Å²) >= 11 is 5.86. The van der Waals surface area contributed by atoms with Gasteiger partial charge in [-0.1, -0.05) is 25.4 Å². The lowest BCUT2D eigenvalue weighted by Crippen LogP contribution is -2.38. The molecule has 0 fully saturated rings. The molecule has 21 heavy (non-hydrogen) atoms. The molecule has 112 valence electrons. The summed E-state index contributed by atoms with van der Waals surface area (Å²) in [6.45, 7) is 3.12. The molecule has 1 N–H and O–H groups in total. The Morgan fingerprint density at radius 2 is 1.95 bits per heavy atom. The quantitative estimate of drug-likeness (QED) is 0.886. The molecule has 0 radical (unpaired) electrons. The summed E-state index contributed by atoms with van der Waals surface area (Å²) in [5.41, 5.74) is -1.23. The van der Waals surface area contributed by atoms with Gasteiger partial charge in [0.2, 0.25) is 0 Å². The van der Waals surface area contributed by atoms with Crippen LogP contribution in [0.15, 0.2) is 27.8 Å². The Balaban J connectivity index is 2.60. The van der Waals surface area contributed by atoms with Gasteiger partial charge < -0.3 is 0 Å². The van der Waals surface area contributed by atoms with Crippen molar-refractivity contribution in [3.63, 3.8) is 0 Å². The average molecular weight is 315 g/mol. The fourth-order valence-corrected chi connectivity index (χ4v) is 2.42. The van der Waals surface area contributed by atoms with E-state index in [1.807, 2.05) is 0 Å². The molecule has 0 aliphatic heterocycles. The number of rotatable bonds is 3. The number of hydrogen-bond acceptors (Lipinski definition) is 2. The van der Waals surface area contributed by atoms with Gasteiger partial charge in [0.1, 0.15) is 16.8 Å². The van der Waals surface area contributed by atoms with E-state index in [2.05, 4.69) is 4.98 Å². The molecule has 0 unspecified atom stereocenters. The highest BCUT2D eigenvalue weighted by Crippen LogP contribution is 2.17. The van der Waals surface area contributed by atoms with Crippen LogP contribution in [0.2, 0.25) is 5.15 Å². The Labute approximate surface area is 124 Å². The summed E-state index contributed by atoms with van der Waals surface area (Å²) < 4.78 is 27.6. The van der Waals surface area contributed by atoms with Gasteiger partial charge in [0.05, 0.1) is 12.1 Å². The summed E-state index contributed by atoms with van der Waals surface area (Å²) in [5, 5.41) is -0.0315. The van der Waals surface area contributed by atoms with Gasteiger partial charge in [-0.3, -0.25) is 14.3 Å². The van der Waals surface area contributed by atoms with Crippen LogP contribution in [-0.2, 0) is 6.54 Å². The minimum absolute atomic E-state index is 0.0315. The van der Waals surface area contributed by atoms with Crippen molar-refractivity contribution in [3.8, 4) is 0 Å². The normalized spacial score (nSPS) is 11.1. The zero-order valence-electron chi connectivity index (χ0n) is 11.4. The predicted molar refractivity (Wildman–Crippen MR) is 75.9 cm³/mol. The third-order valence-corrected chi connectivity index (χ3v) is 3.39. The van der Waals surface area contributed by atoms with Gasteiger partial charge in [0.15, 0.2) is 0 Å². The van der Waals surface area contributed by atoms with Gasteiger partial charge in [-0.25, -0.2) is 13.6 Å². The summed E-state index contributed by atoms with van der Waals surface area (Å²) in [7, 11) is 0. The van der Waals surface area contributed by atoms with E-state index in [4.69, 9.17) is 11.6 Å². The first kappa shape index (κ1) is 15.4. The van der Waals surface area contributed by atoms with Gasteiger partial charge in [0.25, 0.3) is 5.56 Å². The number of nitrogens with zero attached hydrogens (tertiary/aromatic N) is 1. The first-order valence-corrected chi connectivity index (χ1v) is 6.65. The van der Waals surface area contributed by atoms with Crippen LogP contribution in [0.1, 0.15) is 30.9 Å². The van der Waals surface area contributed by atoms with Crippen LogP contribution in [0.5, 0.6) is 0 Å². The zero-order valence-corrected chi connectivity index (χ0v) is 12.2. The number of benzene rings is 1. The molecular formula is C14H13ClF2N2O2. The van der Waals surface area contributed by atoms with Gasteiger partial charge in [-0.05, 0) is 24.1 Å². The summed E-state index contributed by atoms with van der Waals surface area (Å²) in [4.78, 5) is 26.5. The molecule has 4 nitrogen and oxygen atoms in total. The third kappa shape index (κ3) is 3.05. The minimum atomic E-state index is -0.766. The van der Waals surface area contributed by atoms with Gasteiger partial charge in [0, 0.05) is 5.56 Å². The Kier molecular flexibility index (Phi) is 4.27. The van der Waals surface area contributed by atoms with Crippen molar-refractivity contribution in [2.75, 3.05) is 0 Å². The smallest absolute Gasteiger partial charge is 0.297 e. The van der Waals surface area contributed by atoms with E-state index in [-0.39, 0.29) is 28.7 Å². The maximum Gasteiger partial charge on any atom is 0.329 e. The number of H-pyrrole nitrogens is 1. The van der Waals surface area contributed by atoms with Gasteiger partial charge >= 0.3 is 5.69 Å². The van der Waals surface area contributed by atoms with Crippen LogP contribution in [-0.4, -0.2) is 9.55 Å². The SMILES string of the molecule is CC(C)c1c(Cl)[nH]c(=O)n(Cc2cc(F)ccc2F)c1=O. The van der Waals surface area contributed by atoms with Crippen LogP contribution >= 0.6 is 11.6 Å². The van der Waals surface area contributed by atoms with Crippen molar-refractivity contribution < 1.29 is 8.78 Å². The second-order valence-corrected chi connectivity index (χ2v) is 5.32. The second kappa shape index (κ2) is 5.81. The third-order valence-electron chi connectivity index (χ3n) is 3.09. The minimum Gasteiger partial charge on any atom is -0.297 e. The zero-order chi connectivity index (χ0) is 15.7. The van der Waals surface area contributed by atoms with Crippen LogP contribution < -0.4 is 11.2 Å². The number of aromatic amines is 1. The Morgan fingerprint density at radius 3 is 2.57 bits per heavy atom. The fourth-order valence-electron chi connectivity index (χ4n) is 2.04. The van der Waals surface area contributed by atoms with Crippen molar-refractivity contribution in [1.82, 2.24) is 9.55 Å². The van der Waals surface area contributed by atoms with Crippen molar-refractivity contribution in [2.24, 2.45) is 0 Å². The standard InChI is InChI=1S/C14H13ClF2N2O2/c1-7(2)11-12(15)18-14(21)19(13(11)20)6-8-5-9(16)3-4-10(8)17/h3-5,7H,6H2,1-2H3,(H,18,21). The summed E-state index contributed by atoms with van der Waals surface area (Å²) in [6, 6.07) is 2.86. The lowest BCUT2D eigenvalue weighted by Gasteiger charge is -2.11. The van der Waals surface area contributed by atoms with E-state index in [0.29, 0.717) is 0 Å². The molecule has 0 aliphatic carbocycles. The molecule has 0 spiro atoms. The first-order valence-electron chi connectivity index (χ1n) is 6.27. The fraction of sp³-hybridized carbons (Fsp3) is 0.286. The van der Waals surface area contributed by atoms with Gasteiger partial charge in [-0.2, -0.15) is 0 Å². The van der Waals surface area contributed by atoms with Crippen molar-refractivity contribution in [3.05, 3.63) is 67.0 Å². The van der Waals surface area contributed by atoms with E-state index in [1.165, 1.54) is 0 Å². The van der Waals surface area contributed by atoms with E-state index < -0.39 is 22.9 Å². The highest BCUT2D eigenvalue weighted by Gasteiger charge is 2.17. The maximum absolute atomic E-state index is 13.6. The number of nitrogens with one attached hydrogen (secondary N) is 1. The lowest BCUT2D eigenvalue weighted by molar-refractivity contribution is 0.567. The average Bonchev–Trinajstić information content (AvgIpc) is 2.37. The van der Waals surface area contributed by atoms with Crippen LogP contribution in [0.25, 0.3) is 0 Å². The number of hydrogen-bond donors (Lipinski definition) is 1. The molecule has 0 atom stereocenters. The highest BCUT2D eigenvalue weighted by atomic mass is 35.5. The lowest BCUT2D eigenvalue weighted by atomic mass is 10.1. The monoisotopic (exact) mass is 314 g/mol. The Bertz CT molecular complexity index is 797. The second-order valence-electron chi connectivity index (χ2n) is 4.94. The molecule has 1 aromatic carbocycles. The van der Waals surface area contributed by atoms with Crippen LogP contribution in [0, 0.1) is 11.6 Å². The number of halogens is 3. The highest BCUT2D eigenvalue weighted by molar-refractivity contribution is 6.30. The summed E-state index contributed by atoms with van der Waals surface area (Å²) in [5.74, 6) is -1.55. The van der Waals surface area contributed by atoms with Crippen LogP contribution in [0.4, 0.5) is 8.78 Å². The number of aromatic nitrogens is 2. The largest absolute Gasteiger partial charge is 0.329 e. The topological polar surface area (TPSA) is 54.9 Å². The molecular weight excluding hydrogens is 302 g/mol. The van der Waals surface area contributed by atoms with E-state index >= 15 is 0 Å². The molecule has 0 amide bonds. The molecule has 2 aromatic rings. The molecule has 2 rings (SSSR count). The predicted octanol–water partition coefficient (Wildman–Crippen LogP) is 2.64. The molecule has 0 saturated heterocycles. The van der Waals surface area contributed by atoms with Crippen molar-refractivity contribution in [1.29, 1.82) is 0 Å². The Hall–Kier alpha value is -1.95. The van der Waals surface area contributed by atoms with Crippen molar-refractivity contribution >= 4 is 11.6 Å². The van der Waals surface area contributed by atoms with E-state index in [9.17, 15) is 18.4 Å². The van der Waals surface area contributed by atoms with Crippen molar-refractivity contribution in [2.45, 2.75) is 26.3 Å². The molecule has 0 aliphatic rings. The molecule has 1 aromatic heterocycles. The van der Waals surface area contributed by atoms with E-state index in [1.54, 1.807) is 13.8 Å². The molecule has 0 bridgehead atoms. The van der Waals surface area contributed by atoms with Crippen LogP contribution in [0.3, 0.4) is 0 Å². The Morgan fingerprint density at radius 1 is 1.29 bits per heavy atom. The maximum atomic E-state index is 13.6. The molecule has 1 heterocycles. The van der Waals surface area contributed by atoms with Gasteiger partial charge in [-0.15, -0.1) is 0 Å². The summed E-state index contributed by atoms with van der Waals surface area (Å²) in [6.07, 6.45) is 0. The molecule has 7 heteroatoms. The first-order chi connectivity index (χ1) is 9.81. The van der Waals surface area contributed by atoms with E-state index in [0.717, 1.165) is 22.8 Å². The molecule has 0 saturated carbocycles.